The van der Waals surface area contributed by atoms with Crippen LogP contribution < -0.4 is 4.74 Å². The molecule has 0 aromatic carbocycles. The number of hydrogen-bond acceptors (Lipinski definition) is 4. The average Bonchev–Trinajstić information content (AvgIpc) is 2.91. The smallest absolute Gasteiger partial charge is 0.164 e. The standard InChI is InChI=1S/C14H15ClN4O/c1-2-6-19-14(17-11-18-19)10-20-13-7-12(4-3-5-15)8-16-9-13/h7-9,11H,2,5-6,10H2,1H3. The fourth-order valence-corrected chi connectivity index (χ4v) is 1.71. The van der Waals surface area contributed by atoms with Crippen LogP contribution in [-0.2, 0) is 13.2 Å². The van der Waals surface area contributed by atoms with Crippen molar-refractivity contribution in [1.29, 1.82) is 0 Å². The van der Waals surface area contributed by atoms with Crippen molar-refractivity contribution in [2.45, 2.75) is 26.5 Å². The van der Waals surface area contributed by atoms with Crippen LogP contribution in [0, 0.1) is 11.8 Å². The number of nitrogens with zero attached hydrogens (tertiary/aromatic N) is 4. The van der Waals surface area contributed by atoms with E-state index in [1.54, 1.807) is 12.4 Å². The molecular weight excluding hydrogens is 276 g/mol. The normalized spacial score (nSPS) is 9.90. The van der Waals surface area contributed by atoms with Crippen LogP contribution in [0.5, 0.6) is 5.75 Å². The highest BCUT2D eigenvalue weighted by Gasteiger charge is 2.04. The van der Waals surface area contributed by atoms with Crippen molar-refractivity contribution in [2.75, 3.05) is 5.88 Å². The fraction of sp³-hybridized carbons (Fsp3) is 0.357. The molecule has 2 heterocycles. The number of halogens is 1. The van der Waals surface area contributed by atoms with Gasteiger partial charge in [-0.3, -0.25) is 4.98 Å². The van der Waals surface area contributed by atoms with E-state index in [1.165, 1.54) is 6.33 Å². The van der Waals surface area contributed by atoms with E-state index >= 15 is 0 Å². The Morgan fingerprint density at radius 2 is 2.30 bits per heavy atom. The van der Waals surface area contributed by atoms with Crippen molar-refractivity contribution >= 4 is 11.6 Å². The second-order valence-electron chi connectivity index (χ2n) is 4.03. The Bertz CT molecular complexity index is 615. The molecule has 6 heteroatoms. The molecule has 5 nitrogen and oxygen atoms in total. The molecule has 0 atom stereocenters. The Kier molecular flexibility index (Phi) is 5.39. The molecule has 0 fully saturated rings. The molecule has 0 aliphatic rings. The molecule has 2 aromatic heterocycles. The summed E-state index contributed by atoms with van der Waals surface area (Å²) in [5.74, 6) is 7.43. The van der Waals surface area contributed by atoms with Gasteiger partial charge in [-0.05, 0) is 12.5 Å². The molecule has 0 N–H and O–H groups in total. The van der Waals surface area contributed by atoms with Crippen molar-refractivity contribution in [3.05, 3.63) is 36.2 Å². The molecule has 0 saturated carbocycles. The van der Waals surface area contributed by atoms with Crippen molar-refractivity contribution < 1.29 is 4.74 Å². The van der Waals surface area contributed by atoms with Crippen molar-refractivity contribution in [3.8, 4) is 17.6 Å². The number of rotatable bonds is 5. The summed E-state index contributed by atoms with van der Waals surface area (Å²) in [5.41, 5.74) is 0.776. The Labute approximate surface area is 123 Å². The third kappa shape index (κ3) is 3.97. The largest absolute Gasteiger partial charge is 0.484 e. The van der Waals surface area contributed by atoms with Gasteiger partial charge in [0.1, 0.15) is 18.7 Å². The maximum absolute atomic E-state index is 5.67. The van der Waals surface area contributed by atoms with E-state index in [0.717, 1.165) is 24.4 Å². The molecule has 2 aromatic rings. The second kappa shape index (κ2) is 7.51. The lowest BCUT2D eigenvalue weighted by atomic mass is 10.3. The third-order valence-electron chi connectivity index (χ3n) is 2.51. The fourth-order valence-electron chi connectivity index (χ4n) is 1.65. The van der Waals surface area contributed by atoms with Crippen LogP contribution >= 0.6 is 11.6 Å². The summed E-state index contributed by atoms with van der Waals surface area (Å²) in [6.45, 7) is 3.28. The van der Waals surface area contributed by atoms with Gasteiger partial charge in [0.05, 0.1) is 12.1 Å². The minimum absolute atomic E-state index is 0.297. The van der Waals surface area contributed by atoms with Gasteiger partial charge >= 0.3 is 0 Å². The first-order chi connectivity index (χ1) is 9.83. The van der Waals surface area contributed by atoms with Crippen LogP contribution in [0.25, 0.3) is 0 Å². The zero-order valence-corrected chi connectivity index (χ0v) is 12.0. The van der Waals surface area contributed by atoms with Gasteiger partial charge in [0.2, 0.25) is 0 Å². The zero-order valence-electron chi connectivity index (χ0n) is 11.2. The van der Waals surface area contributed by atoms with E-state index in [9.17, 15) is 0 Å². The van der Waals surface area contributed by atoms with Gasteiger partial charge in [-0.1, -0.05) is 18.8 Å². The van der Waals surface area contributed by atoms with Gasteiger partial charge in [-0.25, -0.2) is 9.67 Å². The van der Waals surface area contributed by atoms with Crippen LogP contribution in [0.3, 0.4) is 0 Å². The van der Waals surface area contributed by atoms with Crippen LogP contribution in [0.4, 0.5) is 0 Å². The molecule has 0 bridgehead atoms. The second-order valence-corrected chi connectivity index (χ2v) is 4.30. The predicted octanol–water partition coefficient (Wildman–Crippen LogP) is 2.25. The Morgan fingerprint density at radius 1 is 1.40 bits per heavy atom. The van der Waals surface area contributed by atoms with Crippen LogP contribution in [0.15, 0.2) is 24.8 Å². The van der Waals surface area contributed by atoms with Gasteiger partial charge in [0.15, 0.2) is 5.82 Å². The lowest BCUT2D eigenvalue weighted by Gasteiger charge is -2.07. The number of aromatic nitrogens is 4. The minimum atomic E-state index is 0.297. The molecule has 0 saturated heterocycles. The molecule has 20 heavy (non-hydrogen) atoms. The third-order valence-corrected chi connectivity index (χ3v) is 2.65. The Morgan fingerprint density at radius 3 is 3.10 bits per heavy atom. The lowest BCUT2D eigenvalue weighted by molar-refractivity contribution is 0.285. The van der Waals surface area contributed by atoms with Gasteiger partial charge < -0.3 is 4.74 Å². The van der Waals surface area contributed by atoms with Crippen LogP contribution in [-0.4, -0.2) is 25.6 Å². The molecule has 0 aliphatic carbocycles. The Hall–Kier alpha value is -2.06. The first-order valence-corrected chi connectivity index (χ1v) is 6.86. The predicted molar refractivity (Wildman–Crippen MR) is 76.5 cm³/mol. The number of pyridine rings is 1. The highest BCUT2D eigenvalue weighted by Crippen LogP contribution is 2.12. The number of hydrogen-bond donors (Lipinski definition) is 0. The molecule has 2 rings (SSSR count). The number of aryl methyl sites for hydroxylation is 1. The number of ether oxygens (including phenoxy) is 1. The summed E-state index contributed by atoms with van der Waals surface area (Å²) in [4.78, 5) is 8.27. The van der Waals surface area contributed by atoms with Crippen molar-refractivity contribution in [3.63, 3.8) is 0 Å². The van der Waals surface area contributed by atoms with E-state index in [-0.39, 0.29) is 0 Å². The summed E-state index contributed by atoms with van der Waals surface area (Å²) in [6.07, 6.45) is 5.86. The van der Waals surface area contributed by atoms with E-state index in [1.807, 2.05) is 10.7 Å². The first-order valence-electron chi connectivity index (χ1n) is 6.33. The van der Waals surface area contributed by atoms with Crippen LogP contribution in [0.1, 0.15) is 24.7 Å². The van der Waals surface area contributed by atoms with E-state index < -0.39 is 0 Å². The van der Waals surface area contributed by atoms with E-state index in [4.69, 9.17) is 16.3 Å². The van der Waals surface area contributed by atoms with Gasteiger partial charge in [0, 0.05) is 18.3 Å². The monoisotopic (exact) mass is 290 g/mol. The first kappa shape index (κ1) is 14.4. The van der Waals surface area contributed by atoms with Crippen molar-refractivity contribution in [2.24, 2.45) is 0 Å². The summed E-state index contributed by atoms with van der Waals surface area (Å²) >= 11 is 5.52. The van der Waals surface area contributed by atoms with Gasteiger partial charge in [-0.2, -0.15) is 5.10 Å². The van der Waals surface area contributed by atoms with Gasteiger partial charge in [0.25, 0.3) is 0 Å². The molecule has 104 valence electrons. The van der Waals surface area contributed by atoms with E-state index in [2.05, 4.69) is 33.8 Å². The highest BCUT2D eigenvalue weighted by molar-refractivity contribution is 6.19. The van der Waals surface area contributed by atoms with E-state index in [0.29, 0.717) is 18.2 Å². The van der Waals surface area contributed by atoms with Crippen molar-refractivity contribution in [1.82, 2.24) is 19.7 Å². The highest BCUT2D eigenvalue weighted by atomic mass is 35.5. The molecule has 0 aliphatic heterocycles. The molecular formula is C14H15ClN4O. The minimum Gasteiger partial charge on any atom is -0.484 e. The summed E-state index contributed by atoms with van der Waals surface area (Å²) in [7, 11) is 0. The zero-order chi connectivity index (χ0) is 14.2. The summed E-state index contributed by atoms with van der Waals surface area (Å²) < 4.78 is 7.51. The molecule has 0 amide bonds. The summed E-state index contributed by atoms with van der Waals surface area (Å²) in [6, 6.07) is 1.83. The molecule has 0 radical (unpaired) electrons. The Balaban J connectivity index is 2.01. The maximum atomic E-state index is 5.67. The van der Waals surface area contributed by atoms with Gasteiger partial charge in [-0.15, -0.1) is 11.6 Å². The summed E-state index contributed by atoms with van der Waals surface area (Å²) in [5, 5.41) is 4.15. The number of alkyl halides is 1. The average molecular weight is 291 g/mol. The quantitative estimate of drug-likeness (QED) is 0.626. The maximum Gasteiger partial charge on any atom is 0.164 e. The SMILES string of the molecule is CCCn1ncnc1COc1cncc(C#CCCl)c1. The topological polar surface area (TPSA) is 52.8 Å². The van der Waals surface area contributed by atoms with Crippen LogP contribution in [0.2, 0.25) is 0 Å². The lowest BCUT2D eigenvalue weighted by Crippen LogP contribution is -2.08. The molecule has 0 unspecified atom stereocenters. The molecule has 0 spiro atoms.